The van der Waals surface area contributed by atoms with Crippen molar-refractivity contribution in [3.8, 4) is 10.4 Å². The Morgan fingerprint density at radius 3 is 2.33 bits per heavy atom. The fourth-order valence-corrected chi connectivity index (χ4v) is 7.98. The van der Waals surface area contributed by atoms with Gasteiger partial charge in [0.15, 0.2) is 11.6 Å². The second-order valence-corrected chi connectivity index (χ2v) is 16.3. The predicted octanol–water partition coefficient (Wildman–Crippen LogP) is 6.32. The third-order valence-electron chi connectivity index (χ3n) is 10.0. The molecular formula is C38H52N6O6S. The number of amides is 3. The number of likely N-dealkylation sites (tertiary alicyclic amines) is 2. The van der Waals surface area contributed by atoms with Crippen LogP contribution in [0.3, 0.4) is 0 Å². The number of rotatable bonds is 10. The van der Waals surface area contributed by atoms with Crippen LogP contribution in [0, 0.1) is 12.8 Å². The van der Waals surface area contributed by atoms with Gasteiger partial charge in [0.25, 0.3) is 0 Å². The van der Waals surface area contributed by atoms with Gasteiger partial charge in [-0.25, -0.2) is 9.78 Å². The maximum atomic E-state index is 14.1. The van der Waals surface area contributed by atoms with Crippen molar-refractivity contribution in [2.75, 3.05) is 37.6 Å². The summed E-state index contributed by atoms with van der Waals surface area (Å²) in [5.74, 6) is 0.344. The number of aryl methyl sites for hydroxylation is 1. The largest absolute Gasteiger partial charge is 0.444 e. The van der Waals surface area contributed by atoms with E-state index in [-0.39, 0.29) is 42.1 Å². The Labute approximate surface area is 304 Å². The summed E-state index contributed by atoms with van der Waals surface area (Å²) in [6.45, 7) is 16.7. The molecule has 12 nitrogen and oxygen atoms in total. The molecule has 0 aliphatic carbocycles. The molecule has 0 radical (unpaired) electrons. The number of carbonyl (C=O) groups is 3. The molecule has 276 valence electrons. The van der Waals surface area contributed by atoms with E-state index >= 15 is 0 Å². The predicted molar refractivity (Wildman–Crippen MR) is 196 cm³/mol. The molecule has 3 aromatic rings. The standard InChI is InChI=1S/C38H52N6O6S/c1-23(2)33(31-19-32(41-50-31)43-20-29(21-43)48-28-14-17-42(18-15-28)37(47)49-38(5,6)7)36(46)44-16-8-9-30(44)35(45)40-24(3)26-10-12-27(13-11-26)34-25(4)39-22-51-34/h10-13,19,22-24,28-30,33H,8-9,14-18,20-21H2,1-7H3,(H,40,45). The molecule has 13 heteroatoms. The van der Waals surface area contributed by atoms with Crippen LogP contribution < -0.4 is 10.2 Å². The van der Waals surface area contributed by atoms with E-state index in [1.54, 1.807) is 21.1 Å². The van der Waals surface area contributed by atoms with Crippen molar-refractivity contribution in [2.24, 2.45) is 5.92 Å². The van der Waals surface area contributed by atoms with Crippen LogP contribution in [0.1, 0.15) is 96.2 Å². The van der Waals surface area contributed by atoms with E-state index in [0.29, 0.717) is 50.7 Å². The molecule has 2 aromatic heterocycles. The van der Waals surface area contributed by atoms with Crippen molar-refractivity contribution < 1.29 is 28.4 Å². The number of hydrogen-bond donors (Lipinski definition) is 1. The van der Waals surface area contributed by atoms with Crippen LogP contribution in [0.25, 0.3) is 10.4 Å². The third kappa shape index (κ3) is 8.57. The molecule has 0 saturated carbocycles. The highest BCUT2D eigenvalue weighted by atomic mass is 32.1. The van der Waals surface area contributed by atoms with Crippen LogP contribution in [0.15, 0.2) is 40.4 Å². The van der Waals surface area contributed by atoms with Crippen LogP contribution in [0.4, 0.5) is 10.6 Å². The van der Waals surface area contributed by atoms with Crippen molar-refractivity contribution >= 4 is 35.1 Å². The first-order valence-electron chi connectivity index (χ1n) is 18.2. The molecule has 6 rings (SSSR count). The highest BCUT2D eigenvalue weighted by Crippen LogP contribution is 2.34. The zero-order valence-electron chi connectivity index (χ0n) is 30.9. The van der Waals surface area contributed by atoms with Crippen molar-refractivity contribution in [3.63, 3.8) is 0 Å². The van der Waals surface area contributed by atoms with Crippen LogP contribution >= 0.6 is 11.3 Å². The second kappa shape index (κ2) is 15.3. The van der Waals surface area contributed by atoms with Gasteiger partial charge < -0.3 is 34.0 Å². The Morgan fingerprint density at radius 1 is 1.00 bits per heavy atom. The summed E-state index contributed by atoms with van der Waals surface area (Å²) < 4.78 is 17.7. The maximum absolute atomic E-state index is 14.1. The smallest absolute Gasteiger partial charge is 0.410 e. The molecule has 3 atom stereocenters. The molecule has 0 bridgehead atoms. The van der Waals surface area contributed by atoms with Gasteiger partial charge in [-0.3, -0.25) is 9.59 Å². The first kappa shape index (κ1) is 36.8. The van der Waals surface area contributed by atoms with E-state index in [1.807, 2.05) is 72.2 Å². The van der Waals surface area contributed by atoms with Gasteiger partial charge in [0.2, 0.25) is 11.8 Å². The molecule has 3 aliphatic heterocycles. The second-order valence-electron chi connectivity index (χ2n) is 15.4. The van der Waals surface area contributed by atoms with Gasteiger partial charge >= 0.3 is 6.09 Å². The quantitative estimate of drug-likeness (QED) is 0.256. The summed E-state index contributed by atoms with van der Waals surface area (Å²) in [6, 6.07) is 9.33. The third-order valence-corrected chi connectivity index (χ3v) is 11.0. The van der Waals surface area contributed by atoms with E-state index in [1.165, 1.54) is 0 Å². The minimum atomic E-state index is -0.553. The fourth-order valence-electron chi connectivity index (χ4n) is 7.17. The van der Waals surface area contributed by atoms with Gasteiger partial charge in [-0.05, 0) is 77.3 Å². The normalized spacial score (nSPS) is 20.0. The van der Waals surface area contributed by atoms with E-state index in [4.69, 9.17) is 14.0 Å². The highest BCUT2D eigenvalue weighted by Gasteiger charge is 2.41. The molecule has 1 N–H and O–H groups in total. The monoisotopic (exact) mass is 720 g/mol. The number of nitrogens with one attached hydrogen (secondary N) is 1. The van der Waals surface area contributed by atoms with E-state index < -0.39 is 17.6 Å². The molecule has 3 fully saturated rings. The summed E-state index contributed by atoms with van der Waals surface area (Å²) >= 11 is 1.62. The van der Waals surface area contributed by atoms with E-state index in [0.717, 1.165) is 41.0 Å². The Balaban J connectivity index is 1.00. The average Bonchev–Trinajstić information content (AvgIpc) is 3.84. The van der Waals surface area contributed by atoms with E-state index in [9.17, 15) is 14.4 Å². The number of carbonyl (C=O) groups excluding carboxylic acids is 3. The lowest BCUT2D eigenvalue weighted by Gasteiger charge is -2.42. The topological polar surface area (TPSA) is 130 Å². The van der Waals surface area contributed by atoms with E-state index in [2.05, 4.69) is 32.5 Å². The summed E-state index contributed by atoms with van der Waals surface area (Å²) in [5, 5.41) is 7.49. The Bertz CT molecular complexity index is 1670. The summed E-state index contributed by atoms with van der Waals surface area (Å²) in [5.41, 5.74) is 4.46. The first-order valence-corrected chi connectivity index (χ1v) is 19.1. The van der Waals surface area contributed by atoms with Crippen LogP contribution in [0.5, 0.6) is 0 Å². The van der Waals surface area contributed by atoms with Gasteiger partial charge in [-0.1, -0.05) is 43.3 Å². The van der Waals surface area contributed by atoms with Gasteiger partial charge in [-0.15, -0.1) is 11.3 Å². The molecule has 3 saturated heterocycles. The van der Waals surface area contributed by atoms with Crippen LogP contribution in [-0.2, 0) is 19.1 Å². The summed E-state index contributed by atoms with van der Waals surface area (Å²) in [7, 11) is 0. The first-order chi connectivity index (χ1) is 24.3. The maximum Gasteiger partial charge on any atom is 0.410 e. The minimum absolute atomic E-state index is 0.0544. The average molecular weight is 721 g/mol. The van der Waals surface area contributed by atoms with Crippen LogP contribution in [-0.4, -0.2) is 94.4 Å². The van der Waals surface area contributed by atoms with Gasteiger partial charge in [0.05, 0.1) is 34.3 Å². The molecule has 5 heterocycles. The molecule has 51 heavy (non-hydrogen) atoms. The van der Waals surface area contributed by atoms with Gasteiger partial charge in [-0.2, -0.15) is 0 Å². The van der Waals surface area contributed by atoms with Gasteiger partial charge in [0.1, 0.15) is 17.6 Å². The molecule has 3 unspecified atom stereocenters. The van der Waals surface area contributed by atoms with Crippen LogP contribution in [0.2, 0.25) is 0 Å². The molecule has 3 amide bonds. The Hall–Kier alpha value is -3.97. The zero-order valence-corrected chi connectivity index (χ0v) is 31.7. The number of anilines is 1. The highest BCUT2D eigenvalue weighted by molar-refractivity contribution is 7.13. The number of aromatic nitrogens is 2. The lowest BCUT2D eigenvalue weighted by molar-refractivity contribution is -0.141. The SMILES string of the molecule is Cc1ncsc1-c1ccc(C(C)NC(=O)C2CCCN2C(=O)C(c2cc(N3CC(OC4CCN(C(=O)OC(C)(C)C)CC4)C3)no2)C(C)C)cc1. The number of hydrogen-bond acceptors (Lipinski definition) is 10. The number of thiazole rings is 1. The summed E-state index contributed by atoms with van der Waals surface area (Å²) in [6.07, 6.45) is 2.83. The van der Waals surface area contributed by atoms with Crippen molar-refractivity contribution in [1.29, 1.82) is 0 Å². The molecule has 3 aliphatic rings. The van der Waals surface area contributed by atoms with Crippen molar-refractivity contribution in [3.05, 3.63) is 52.9 Å². The number of nitrogens with zero attached hydrogens (tertiary/aromatic N) is 5. The number of ether oxygens (including phenoxy) is 2. The molecule has 0 spiro atoms. The molecular weight excluding hydrogens is 669 g/mol. The van der Waals surface area contributed by atoms with Crippen molar-refractivity contribution in [1.82, 2.24) is 25.3 Å². The fraction of sp³-hybridized carbons (Fsp3) is 0.605. The number of piperidine rings is 1. The molecule has 1 aromatic carbocycles. The summed E-state index contributed by atoms with van der Waals surface area (Å²) in [4.78, 5) is 51.1. The lowest BCUT2D eigenvalue weighted by Crippen LogP contribution is -2.54. The lowest BCUT2D eigenvalue weighted by atomic mass is 9.91. The Morgan fingerprint density at radius 2 is 1.71 bits per heavy atom. The van der Waals surface area contributed by atoms with Crippen molar-refractivity contribution in [2.45, 2.75) is 110 Å². The minimum Gasteiger partial charge on any atom is -0.444 e. The number of benzene rings is 1. The Kier molecular flexibility index (Phi) is 11.1. The zero-order chi connectivity index (χ0) is 36.4. The van der Waals surface area contributed by atoms with Gasteiger partial charge in [0, 0.05) is 38.8 Å².